The number of likely N-dealkylation sites (N-methyl/N-ethyl adjacent to an activating group) is 1. The van der Waals surface area contributed by atoms with Gasteiger partial charge in [-0.05, 0) is 37.1 Å². The highest BCUT2D eigenvalue weighted by atomic mass is 35.5. The maximum absolute atomic E-state index is 12.0. The van der Waals surface area contributed by atoms with Crippen LogP contribution in [0.15, 0.2) is 18.2 Å². The number of rotatable bonds is 4. The van der Waals surface area contributed by atoms with Crippen LogP contribution in [0.1, 0.15) is 11.1 Å². The molecule has 0 aliphatic rings. The van der Waals surface area contributed by atoms with E-state index in [1.807, 2.05) is 26.0 Å². The van der Waals surface area contributed by atoms with Crippen LogP contribution in [0, 0.1) is 13.8 Å². The van der Waals surface area contributed by atoms with Crippen molar-refractivity contribution in [1.82, 2.24) is 0 Å². The number of nitrogens with zero attached hydrogens (tertiary/aromatic N) is 1. The number of benzene rings is 1. The third kappa shape index (κ3) is 3.98. The normalized spacial score (nSPS) is 11.6. The van der Waals surface area contributed by atoms with Gasteiger partial charge in [0.15, 0.2) is 0 Å². The first-order valence-electron chi connectivity index (χ1n) is 5.58. The number of aryl methyl sites for hydroxylation is 2. The van der Waals surface area contributed by atoms with E-state index >= 15 is 0 Å². The summed E-state index contributed by atoms with van der Waals surface area (Å²) in [5.41, 5.74) is 8.60. The molecule has 1 amide bonds. The average molecular weight is 273 g/mol. The summed E-state index contributed by atoms with van der Waals surface area (Å²) < 4.78 is 5.05. The molecule has 1 aromatic rings. The highest BCUT2D eigenvalue weighted by molar-refractivity contribution is 5.96. The molecule has 4 nitrogen and oxygen atoms in total. The van der Waals surface area contributed by atoms with Crippen LogP contribution >= 0.6 is 12.4 Å². The Morgan fingerprint density at radius 1 is 1.33 bits per heavy atom. The highest BCUT2D eigenvalue weighted by Crippen LogP contribution is 2.18. The molecule has 0 aliphatic heterocycles. The van der Waals surface area contributed by atoms with E-state index in [1.54, 1.807) is 11.9 Å². The third-order valence-electron chi connectivity index (χ3n) is 2.70. The molecule has 1 atom stereocenters. The van der Waals surface area contributed by atoms with E-state index in [-0.39, 0.29) is 24.9 Å². The Balaban J connectivity index is 0.00000289. The maximum Gasteiger partial charge on any atom is 0.257 e. The topological polar surface area (TPSA) is 55.6 Å². The van der Waals surface area contributed by atoms with Gasteiger partial charge in [0, 0.05) is 26.4 Å². The van der Waals surface area contributed by atoms with Crippen molar-refractivity contribution in [1.29, 1.82) is 0 Å². The van der Waals surface area contributed by atoms with E-state index in [4.69, 9.17) is 10.5 Å². The number of carbonyl (C=O) groups excluding carboxylic acids is 1. The van der Waals surface area contributed by atoms with Gasteiger partial charge in [-0.3, -0.25) is 4.79 Å². The molecule has 0 bridgehead atoms. The SMILES string of the molecule is COC(CN)C(=O)N(C)c1cc(C)cc(C)c1.Cl. The van der Waals surface area contributed by atoms with Crippen LogP contribution < -0.4 is 10.6 Å². The molecule has 2 N–H and O–H groups in total. The van der Waals surface area contributed by atoms with Crippen molar-refractivity contribution in [2.45, 2.75) is 20.0 Å². The fourth-order valence-corrected chi connectivity index (χ4v) is 1.79. The molecule has 0 heterocycles. The summed E-state index contributed by atoms with van der Waals surface area (Å²) in [7, 11) is 3.23. The van der Waals surface area contributed by atoms with Crippen molar-refractivity contribution in [3.63, 3.8) is 0 Å². The first-order valence-corrected chi connectivity index (χ1v) is 5.58. The van der Waals surface area contributed by atoms with E-state index in [9.17, 15) is 4.79 Å². The molecular formula is C13H21ClN2O2. The van der Waals surface area contributed by atoms with Crippen LogP contribution in [0.4, 0.5) is 5.69 Å². The summed E-state index contributed by atoms with van der Waals surface area (Å²) in [4.78, 5) is 13.6. The third-order valence-corrected chi connectivity index (χ3v) is 2.70. The Morgan fingerprint density at radius 3 is 2.22 bits per heavy atom. The minimum absolute atomic E-state index is 0. The number of hydrogen-bond acceptors (Lipinski definition) is 3. The molecule has 0 aromatic heterocycles. The molecule has 1 aromatic carbocycles. The van der Waals surface area contributed by atoms with Crippen molar-refractivity contribution in [3.05, 3.63) is 29.3 Å². The van der Waals surface area contributed by atoms with Crippen LogP contribution in [0.5, 0.6) is 0 Å². The summed E-state index contributed by atoms with van der Waals surface area (Å²) >= 11 is 0. The lowest BCUT2D eigenvalue weighted by atomic mass is 10.1. The number of carbonyl (C=O) groups is 1. The van der Waals surface area contributed by atoms with Crippen LogP contribution in [-0.2, 0) is 9.53 Å². The number of anilines is 1. The lowest BCUT2D eigenvalue weighted by molar-refractivity contribution is -0.127. The molecular weight excluding hydrogens is 252 g/mol. The minimum atomic E-state index is -0.583. The summed E-state index contributed by atoms with van der Waals surface area (Å²) in [5.74, 6) is -0.125. The molecule has 0 radical (unpaired) electrons. The number of ether oxygens (including phenoxy) is 1. The van der Waals surface area contributed by atoms with Gasteiger partial charge < -0.3 is 15.4 Å². The van der Waals surface area contributed by atoms with Crippen molar-refractivity contribution >= 4 is 24.0 Å². The van der Waals surface area contributed by atoms with Gasteiger partial charge >= 0.3 is 0 Å². The first-order chi connectivity index (χ1) is 7.99. The van der Waals surface area contributed by atoms with Gasteiger partial charge in [-0.1, -0.05) is 6.07 Å². The van der Waals surface area contributed by atoms with Crippen molar-refractivity contribution in [2.24, 2.45) is 5.73 Å². The second-order valence-electron chi connectivity index (χ2n) is 4.20. The van der Waals surface area contributed by atoms with Crippen molar-refractivity contribution < 1.29 is 9.53 Å². The standard InChI is InChI=1S/C13H20N2O2.ClH/c1-9-5-10(2)7-11(6-9)15(3)13(16)12(8-14)17-4;/h5-7,12H,8,14H2,1-4H3;1H. The second-order valence-corrected chi connectivity index (χ2v) is 4.20. The number of amides is 1. The van der Waals surface area contributed by atoms with Gasteiger partial charge in [-0.15, -0.1) is 12.4 Å². The fraction of sp³-hybridized carbons (Fsp3) is 0.462. The van der Waals surface area contributed by atoms with Crippen LogP contribution in [0.25, 0.3) is 0 Å². The Bertz CT molecular complexity index is 386. The molecule has 0 fully saturated rings. The molecule has 18 heavy (non-hydrogen) atoms. The molecule has 0 saturated carbocycles. The lowest BCUT2D eigenvalue weighted by Crippen LogP contribution is -2.41. The molecule has 1 unspecified atom stereocenters. The monoisotopic (exact) mass is 272 g/mol. The Labute approximate surface area is 115 Å². The van der Waals surface area contributed by atoms with Crippen LogP contribution in [-0.4, -0.2) is 32.7 Å². The van der Waals surface area contributed by atoms with E-state index in [1.165, 1.54) is 7.11 Å². The van der Waals surface area contributed by atoms with E-state index in [0.29, 0.717) is 0 Å². The van der Waals surface area contributed by atoms with Gasteiger partial charge in [-0.25, -0.2) is 0 Å². The summed E-state index contributed by atoms with van der Waals surface area (Å²) in [6.07, 6.45) is -0.583. The predicted octanol–water partition coefficient (Wildman–Crippen LogP) is 1.66. The number of hydrogen-bond donors (Lipinski definition) is 1. The number of nitrogens with two attached hydrogens (primary N) is 1. The maximum atomic E-state index is 12.0. The Hall–Kier alpha value is -1.10. The van der Waals surface area contributed by atoms with Crippen molar-refractivity contribution in [3.8, 4) is 0 Å². The molecule has 0 saturated heterocycles. The Morgan fingerprint density at radius 2 is 1.83 bits per heavy atom. The molecule has 0 aliphatic carbocycles. The quantitative estimate of drug-likeness (QED) is 0.907. The van der Waals surface area contributed by atoms with Crippen LogP contribution in [0.3, 0.4) is 0 Å². The highest BCUT2D eigenvalue weighted by Gasteiger charge is 2.21. The molecule has 5 heteroatoms. The zero-order valence-electron chi connectivity index (χ0n) is 11.3. The van der Waals surface area contributed by atoms with Gasteiger partial charge in [0.25, 0.3) is 5.91 Å². The molecule has 1 rings (SSSR count). The molecule has 102 valence electrons. The zero-order chi connectivity index (χ0) is 13.0. The minimum Gasteiger partial charge on any atom is -0.370 e. The smallest absolute Gasteiger partial charge is 0.257 e. The Kier molecular flexibility index (Phi) is 6.91. The van der Waals surface area contributed by atoms with Gasteiger partial charge in [-0.2, -0.15) is 0 Å². The number of halogens is 1. The van der Waals surface area contributed by atoms with E-state index in [2.05, 4.69) is 6.07 Å². The fourth-order valence-electron chi connectivity index (χ4n) is 1.79. The van der Waals surface area contributed by atoms with E-state index < -0.39 is 6.10 Å². The van der Waals surface area contributed by atoms with E-state index in [0.717, 1.165) is 16.8 Å². The lowest BCUT2D eigenvalue weighted by Gasteiger charge is -2.22. The summed E-state index contributed by atoms with van der Waals surface area (Å²) in [6, 6.07) is 6.00. The van der Waals surface area contributed by atoms with Gasteiger partial charge in [0.1, 0.15) is 6.10 Å². The van der Waals surface area contributed by atoms with Gasteiger partial charge in [0.05, 0.1) is 0 Å². The summed E-state index contributed by atoms with van der Waals surface area (Å²) in [6.45, 7) is 4.20. The van der Waals surface area contributed by atoms with Gasteiger partial charge in [0.2, 0.25) is 0 Å². The largest absolute Gasteiger partial charge is 0.370 e. The number of methoxy groups -OCH3 is 1. The van der Waals surface area contributed by atoms with Crippen LogP contribution in [0.2, 0.25) is 0 Å². The summed E-state index contributed by atoms with van der Waals surface area (Å²) in [5, 5.41) is 0. The average Bonchev–Trinajstić information content (AvgIpc) is 2.28. The predicted molar refractivity (Wildman–Crippen MR) is 76.4 cm³/mol. The second kappa shape index (κ2) is 7.36. The first kappa shape index (κ1) is 16.9. The zero-order valence-corrected chi connectivity index (χ0v) is 12.1. The van der Waals surface area contributed by atoms with Crippen molar-refractivity contribution in [2.75, 3.05) is 25.6 Å². The molecule has 0 spiro atoms.